The number of nitrogens with zero attached hydrogens (tertiary/aromatic N) is 2. The maximum atomic E-state index is 12.6. The minimum atomic E-state index is -0.271. The number of phenolic OH excluding ortho intramolecular Hbond substituents is 1. The van der Waals surface area contributed by atoms with Gasteiger partial charge in [-0.2, -0.15) is 0 Å². The first-order chi connectivity index (χ1) is 12.4. The lowest BCUT2D eigenvalue weighted by Gasteiger charge is -2.38. The van der Waals surface area contributed by atoms with Crippen molar-refractivity contribution in [2.45, 2.75) is 13.0 Å². The zero-order valence-electron chi connectivity index (χ0n) is 14.5. The Morgan fingerprint density at radius 2 is 1.73 bits per heavy atom. The molecule has 7 heteroatoms. The normalized spacial score (nSPS) is 16.3. The number of carbonyl (C=O) groups excluding carboxylic acids is 1. The maximum Gasteiger partial charge on any atom is 0.241 e. The molecule has 0 aliphatic carbocycles. The van der Waals surface area contributed by atoms with Gasteiger partial charge in [0.2, 0.25) is 5.91 Å². The average molecular weight is 394 g/mol. The summed E-state index contributed by atoms with van der Waals surface area (Å²) < 4.78 is 0. The van der Waals surface area contributed by atoms with Crippen LogP contribution in [0.2, 0.25) is 10.0 Å². The van der Waals surface area contributed by atoms with Gasteiger partial charge in [-0.15, -0.1) is 0 Å². The summed E-state index contributed by atoms with van der Waals surface area (Å²) in [5, 5.41) is 13.3. The molecular weight excluding hydrogens is 373 g/mol. The quantitative estimate of drug-likeness (QED) is 0.827. The number of hydrogen-bond acceptors (Lipinski definition) is 4. The molecule has 5 nitrogen and oxygen atoms in total. The van der Waals surface area contributed by atoms with Gasteiger partial charge in [0, 0.05) is 36.9 Å². The maximum absolute atomic E-state index is 12.6. The number of hydrogen-bond donors (Lipinski definition) is 2. The first kappa shape index (κ1) is 18.8. The minimum absolute atomic E-state index is 0.104. The zero-order chi connectivity index (χ0) is 18.7. The van der Waals surface area contributed by atoms with E-state index < -0.39 is 0 Å². The van der Waals surface area contributed by atoms with Gasteiger partial charge in [-0.05, 0) is 49.4 Å². The number of rotatable bonds is 4. The predicted octanol–water partition coefficient (Wildman–Crippen LogP) is 3.85. The van der Waals surface area contributed by atoms with Gasteiger partial charge in [0.25, 0.3) is 0 Å². The molecule has 0 unspecified atom stereocenters. The van der Waals surface area contributed by atoms with E-state index in [4.69, 9.17) is 23.2 Å². The Labute approximate surface area is 163 Å². The summed E-state index contributed by atoms with van der Waals surface area (Å²) in [7, 11) is 0. The molecule has 26 heavy (non-hydrogen) atoms. The second-order valence-corrected chi connectivity index (χ2v) is 7.17. The van der Waals surface area contributed by atoms with Crippen molar-refractivity contribution in [3.8, 4) is 5.75 Å². The largest absolute Gasteiger partial charge is 0.508 e. The third-order valence-corrected chi connectivity index (χ3v) is 5.21. The van der Waals surface area contributed by atoms with Crippen molar-refractivity contribution < 1.29 is 9.90 Å². The first-order valence-corrected chi connectivity index (χ1v) is 9.23. The van der Waals surface area contributed by atoms with E-state index in [2.05, 4.69) is 15.1 Å². The molecule has 1 aliphatic rings. The van der Waals surface area contributed by atoms with Crippen LogP contribution in [0, 0.1) is 0 Å². The Hall–Kier alpha value is -1.95. The average Bonchev–Trinajstić information content (AvgIpc) is 2.65. The van der Waals surface area contributed by atoms with Crippen LogP contribution in [0.1, 0.15) is 6.92 Å². The Morgan fingerprint density at radius 1 is 1.08 bits per heavy atom. The molecule has 2 aromatic rings. The fraction of sp³-hybridized carbons (Fsp3) is 0.316. The van der Waals surface area contributed by atoms with E-state index in [1.807, 2.05) is 19.1 Å². The lowest BCUT2D eigenvalue weighted by atomic mass is 10.2. The summed E-state index contributed by atoms with van der Waals surface area (Å²) in [6, 6.07) is 11.9. The van der Waals surface area contributed by atoms with Gasteiger partial charge in [-0.25, -0.2) is 0 Å². The number of nitrogens with one attached hydrogen (secondary N) is 1. The van der Waals surface area contributed by atoms with Crippen LogP contribution in [0.3, 0.4) is 0 Å². The van der Waals surface area contributed by atoms with Crippen LogP contribution in [0.25, 0.3) is 0 Å². The molecule has 1 amide bonds. The van der Waals surface area contributed by atoms with Crippen LogP contribution in [0.15, 0.2) is 42.5 Å². The van der Waals surface area contributed by atoms with Crippen LogP contribution < -0.4 is 10.2 Å². The van der Waals surface area contributed by atoms with Gasteiger partial charge in [0.1, 0.15) is 5.75 Å². The fourth-order valence-electron chi connectivity index (χ4n) is 3.03. The molecule has 1 fully saturated rings. The van der Waals surface area contributed by atoms with Crippen molar-refractivity contribution in [2.75, 3.05) is 36.4 Å². The van der Waals surface area contributed by atoms with Crippen LogP contribution in [-0.4, -0.2) is 48.1 Å². The molecule has 3 rings (SSSR count). The molecule has 0 saturated carbocycles. The summed E-state index contributed by atoms with van der Waals surface area (Å²) in [4.78, 5) is 17.0. The number of halogens is 2. The molecule has 1 heterocycles. The molecular formula is C19H21Cl2N3O2. The van der Waals surface area contributed by atoms with Gasteiger partial charge < -0.3 is 15.3 Å². The Bertz CT molecular complexity index is 775. The monoisotopic (exact) mass is 393 g/mol. The molecule has 0 aromatic heterocycles. The van der Waals surface area contributed by atoms with Gasteiger partial charge in [-0.1, -0.05) is 23.2 Å². The lowest BCUT2D eigenvalue weighted by Crippen LogP contribution is -2.52. The molecule has 2 N–H and O–H groups in total. The summed E-state index contributed by atoms with van der Waals surface area (Å²) in [6.07, 6.45) is 0. The second-order valence-electron chi connectivity index (χ2n) is 6.33. The third kappa shape index (κ3) is 4.41. The van der Waals surface area contributed by atoms with Crippen LogP contribution in [-0.2, 0) is 4.79 Å². The lowest BCUT2D eigenvalue weighted by molar-refractivity contribution is -0.120. The van der Waals surface area contributed by atoms with E-state index in [1.165, 1.54) is 0 Å². The highest BCUT2D eigenvalue weighted by Crippen LogP contribution is 2.26. The molecule has 0 spiro atoms. The van der Waals surface area contributed by atoms with E-state index in [0.717, 1.165) is 31.9 Å². The molecule has 0 radical (unpaired) electrons. The summed E-state index contributed by atoms with van der Waals surface area (Å²) in [5.41, 5.74) is 1.60. The zero-order valence-corrected chi connectivity index (χ0v) is 16.0. The smallest absolute Gasteiger partial charge is 0.241 e. The van der Waals surface area contributed by atoms with E-state index in [9.17, 15) is 9.90 Å². The predicted molar refractivity (Wildman–Crippen MR) is 106 cm³/mol. The standard InChI is InChI=1S/C19H21Cl2N3O2/c1-13(19(26)22-18-12-14(20)2-7-17(18)21)23-8-10-24(11-9-23)15-3-5-16(25)6-4-15/h2-7,12-13,25H,8-11H2,1H3,(H,22,26)/t13-/m0/s1. The highest BCUT2D eigenvalue weighted by Gasteiger charge is 2.26. The topological polar surface area (TPSA) is 55.8 Å². The van der Waals surface area contributed by atoms with Gasteiger partial charge in [0.15, 0.2) is 0 Å². The van der Waals surface area contributed by atoms with Crippen molar-refractivity contribution in [2.24, 2.45) is 0 Å². The van der Waals surface area contributed by atoms with Gasteiger partial charge in [0.05, 0.1) is 16.8 Å². The SMILES string of the molecule is C[C@@H](C(=O)Nc1cc(Cl)ccc1Cl)N1CCN(c2ccc(O)cc2)CC1. The Balaban J connectivity index is 1.57. The number of amides is 1. The van der Waals surface area contributed by atoms with Crippen molar-refractivity contribution in [3.63, 3.8) is 0 Å². The number of piperazine rings is 1. The van der Waals surface area contributed by atoms with Crippen molar-refractivity contribution in [1.82, 2.24) is 4.90 Å². The van der Waals surface area contributed by atoms with E-state index >= 15 is 0 Å². The second kappa shape index (κ2) is 8.16. The molecule has 1 atom stereocenters. The van der Waals surface area contributed by atoms with Crippen molar-refractivity contribution in [3.05, 3.63) is 52.5 Å². The highest BCUT2D eigenvalue weighted by molar-refractivity contribution is 6.35. The first-order valence-electron chi connectivity index (χ1n) is 8.48. The van der Waals surface area contributed by atoms with Gasteiger partial charge in [-0.3, -0.25) is 9.69 Å². The Morgan fingerprint density at radius 3 is 2.38 bits per heavy atom. The number of phenols is 1. The molecule has 2 aromatic carbocycles. The minimum Gasteiger partial charge on any atom is -0.508 e. The van der Waals surface area contributed by atoms with Crippen LogP contribution in [0.5, 0.6) is 5.75 Å². The molecule has 1 saturated heterocycles. The van der Waals surface area contributed by atoms with Crippen molar-refractivity contribution >= 4 is 40.5 Å². The number of benzene rings is 2. The number of aromatic hydroxyl groups is 1. The van der Waals surface area contributed by atoms with Crippen LogP contribution >= 0.6 is 23.2 Å². The van der Waals surface area contributed by atoms with Crippen molar-refractivity contribution in [1.29, 1.82) is 0 Å². The highest BCUT2D eigenvalue weighted by atomic mass is 35.5. The van der Waals surface area contributed by atoms with Gasteiger partial charge >= 0.3 is 0 Å². The third-order valence-electron chi connectivity index (χ3n) is 4.64. The van der Waals surface area contributed by atoms with E-state index in [0.29, 0.717) is 15.7 Å². The summed E-state index contributed by atoms with van der Waals surface area (Å²) in [5.74, 6) is 0.157. The summed E-state index contributed by atoms with van der Waals surface area (Å²) in [6.45, 7) is 5.09. The van der Waals surface area contributed by atoms with E-state index in [-0.39, 0.29) is 17.7 Å². The Kier molecular flexibility index (Phi) is 5.91. The molecule has 0 bridgehead atoms. The van der Waals surface area contributed by atoms with E-state index in [1.54, 1.807) is 30.3 Å². The number of carbonyl (C=O) groups is 1. The molecule has 1 aliphatic heterocycles. The molecule has 138 valence electrons. The summed E-state index contributed by atoms with van der Waals surface area (Å²) >= 11 is 12.1. The van der Waals surface area contributed by atoms with Crippen LogP contribution in [0.4, 0.5) is 11.4 Å². The number of anilines is 2. The fourth-order valence-corrected chi connectivity index (χ4v) is 3.36.